The topological polar surface area (TPSA) is 3.01 Å². The average Bonchev–Trinajstić information content (AvgIpc) is 2.73. The molecule has 5 aliphatic rings. The molecule has 0 radical (unpaired) electrons. The van der Waals surface area contributed by atoms with Crippen LogP contribution in [0.4, 0.5) is 0 Å². The summed E-state index contributed by atoms with van der Waals surface area (Å²) >= 11 is 12.5. The van der Waals surface area contributed by atoms with Crippen LogP contribution in [0.15, 0.2) is 0 Å². The Morgan fingerprint density at radius 3 is 1.60 bits per heavy atom. The molecule has 0 amide bonds. The second-order valence-electron chi connectivity index (χ2n) is 6.39. The third-order valence-electron chi connectivity index (χ3n) is 5.22. The molecule has 0 aromatic carbocycles. The maximum Gasteiger partial charge on any atom is 0.184 e. The fourth-order valence-electron chi connectivity index (χ4n) is 5.07. The van der Waals surface area contributed by atoms with Crippen molar-refractivity contribution in [2.24, 2.45) is 17.8 Å². The van der Waals surface area contributed by atoms with Gasteiger partial charge in [0.05, 0.1) is 0 Å². The maximum atomic E-state index is 6.23. The summed E-state index contributed by atoms with van der Waals surface area (Å²) in [5.41, 5.74) is 0.415. The lowest BCUT2D eigenvalue weighted by molar-refractivity contribution is -0.0521. The van der Waals surface area contributed by atoms with Crippen molar-refractivity contribution in [3.05, 3.63) is 0 Å². The molecule has 1 heterocycles. The number of rotatable bonds is 1. The molecular weight excluding hydrogens is 229 g/mol. The highest BCUT2D eigenvalue weighted by atomic mass is 35.5. The molecule has 0 aromatic heterocycles. The van der Waals surface area contributed by atoms with Crippen molar-refractivity contribution in [2.75, 3.05) is 6.54 Å². The molecule has 1 saturated heterocycles. The summed E-state index contributed by atoms with van der Waals surface area (Å²) in [6.07, 6.45) is 8.60. The second kappa shape index (κ2) is 2.68. The number of nitrogens with zero attached hydrogens (tertiary/aromatic N) is 1. The lowest BCUT2D eigenvalue weighted by Gasteiger charge is -2.57. The van der Waals surface area contributed by atoms with Gasteiger partial charge in [0.1, 0.15) is 0 Å². The van der Waals surface area contributed by atoms with Crippen molar-refractivity contribution >= 4 is 23.2 Å². The van der Waals surface area contributed by atoms with Gasteiger partial charge in [0.25, 0.3) is 0 Å². The Morgan fingerprint density at radius 1 is 0.867 bits per heavy atom. The Hall–Kier alpha value is 0.540. The van der Waals surface area contributed by atoms with E-state index in [0.717, 1.165) is 24.3 Å². The fourth-order valence-corrected chi connectivity index (χ4v) is 5.66. The minimum atomic E-state index is -0.508. The van der Waals surface area contributed by atoms with E-state index in [4.69, 9.17) is 23.2 Å². The van der Waals surface area contributed by atoms with E-state index >= 15 is 0 Å². The van der Waals surface area contributed by atoms with E-state index in [9.17, 15) is 0 Å². The molecule has 1 nitrogen and oxygen atoms in total. The summed E-state index contributed by atoms with van der Waals surface area (Å²) in [6, 6.07) is 0. The van der Waals surface area contributed by atoms with E-state index < -0.39 is 4.46 Å². The molecule has 5 fully saturated rings. The van der Waals surface area contributed by atoms with Crippen LogP contribution in [0.2, 0.25) is 0 Å². The van der Waals surface area contributed by atoms with Crippen LogP contribution in [-0.4, -0.2) is 21.4 Å². The smallest absolute Gasteiger partial charge is 0.184 e. The molecule has 0 N–H and O–H groups in total. The fraction of sp³-hybridized carbons (Fsp3) is 1.00. The molecule has 15 heavy (non-hydrogen) atoms. The van der Waals surface area contributed by atoms with E-state index in [-0.39, 0.29) is 0 Å². The normalized spacial score (nSPS) is 59.6. The second-order valence-corrected chi connectivity index (χ2v) is 7.84. The zero-order valence-corrected chi connectivity index (χ0v) is 10.4. The number of hydrogen-bond acceptors (Lipinski definition) is 1. The highest BCUT2D eigenvalue weighted by molar-refractivity contribution is 6.50. The van der Waals surface area contributed by atoms with E-state index in [1.807, 2.05) is 0 Å². The molecule has 4 saturated carbocycles. The van der Waals surface area contributed by atoms with Crippen molar-refractivity contribution in [1.29, 1.82) is 0 Å². The molecule has 4 bridgehead atoms. The summed E-state index contributed by atoms with van der Waals surface area (Å²) in [6.45, 7) is 0.905. The Labute approximate surface area is 101 Å². The van der Waals surface area contributed by atoms with Gasteiger partial charge in [-0.3, -0.25) is 4.90 Å². The summed E-state index contributed by atoms with van der Waals surface area (Å²) in [4.78, 5) is 2.38. The van der Waals surface area contributed by atoms with Crippen LogP contribution in [0.5, 0.6) is 0 Å². The molecule has 0 spiro atoms. The zero-order chi connectivity index (χ0) is 10.3. The molecule has 1 unspecified atom stereocenters. The van der Waals surface area contributed by atoms with Crippen molar-refractivity contribution in [3.63, 3.8) is 0 Å². The van der Waals surface area contributed by atoms with Crippen LogP contribution < -0.4 is 0 Å². The Bertz CT molecular complexity index is 277. The van der Waals surface area contributed by atoms with Crippen LogP contribution in [0, 0.1) is 17.8 Å². The molecule has 1 atom stereocenters. The summed E-state index contributed by atoms with van der Waals surface area (Å²) < 4.78 is -0.508. The lowest BCUT2D eigenvalue weighted by Crippen LogP contribution is -2.55. The molecule has 4 aliphatic carbocycles. The lowest BCUT2D eigenvalue weighted by atomic mass is 9.53. The van der Waals surface area contributed by atoms with Crippen molar-refractivity contribution in [1.82, 2.24) is 4.90 Å². The van der Waals surface area contributed by atoms with Gasteiger partial charge in [-0.1, -0.05) is 23.2 Å². The summed E-state index contributed by atoms with van der Waals surface area (Å²) in [7, 11) is 0. The van der Waals surface area contributed by atoms with Gasteiger partial charge in [-0.25, -0.2) is 0 Å². The first kappa shape index (κ1) is 9.56. The predicted octanol–water partition coefficient (Wildman–Crippen LogP) is 3.40. The van der Waals surface area contributed by atoms with E-state index in [1.54, 1.807) is 0 Å². The first-order valence-electron chi connectivity index (χ1n) is 6.23. The van der Waals surface area contributed by atoms with Crippen LogP contribution in [0.25, 0.3) is 0 Å². The largest absolute Gasteiger partial charge is 0.261 e. The Morgan fingerprint density at radius 2 is 1.27 bits per heavy atom. The Balaban J connectivity index is 1.67. The summed E-state index contributed by atoms with van der Waals surface area (Å²) in [5, 5.41) is 0. The highest BCUT2D eigenvalue weighted by Crippen LogP contribution is 2.63. The third kappa shape index (κ3) is 1.26. The Kier molecular flexibility index (Phi) is 1.71. The predicted molar refractivity (Wildman–Crippen MR) is 62.0 cm³/mol. The van der Waals surface area contributed by atoms with Crippen LogP contribution in [0.3, 0.4) is 0 Å². The van der Waals surface area contributed by atoms with Gasteiger partial charge in [0.2, 0.25) is 0 Å². The minimum absolute atomic E-state index is 0.415. The van der Waals surface area contributed by atoms with Gasteiger partial charge < -0.3 is 0 Å². The monoisotopic (exact) mass is 245 g/mol. The number of halogens is 2. The zero-order valence-electron chi connectivity index (χ0n) is 8.88. The summed E-state index contributed by atoms with van der Waals surface area (Å²) in [5.74, 6) is 2.96. The van der Waals surface area contributed by atoms with Gasteiger partial charge in [-0.05, 0) is 56.3 Å². The van der Waals surface area contributed by atoms with E-state index in [1.165, 1.54) is 38.5 Å². The molecular formula is C12H17Cl2N. The molecule has 3 heteroatoms. The van der Waals surface area contributed by atoms with E-state index in [0.29, 0.717) is 5.54 Å². The maximum absolute atomic E-state index is 6.23. The quantitative estimate of drug-likeness (QED) is 0.389. The van der Waals surface area contributed by atoms with Gasteiger partial charge in [-0.2, -0.15) is 0 Å². The number of alkyl halides is 2. The van der Waals surface area contributed by atoms with Crippen LogP contribution in [0.1, 0.15) is 38.5 Å². The van der Waals surface area contributed by atoms with Crippen molar-refractivity contribution in [2.45, 2.75) is 48.5 Å². The molecule has 0 aromatic rings. The van der Waals surface area contributed by atoms with E-state index in [2.05, 4.69) is 4.90 Å². The van der Waals surface area contributed by atoms with Gasteiger partial charge in [0.15, 0.2) is 4.46 Å². The molecule has 5 rings (SSSR count). The standard InChI is InChI=1S/C12H17Cl2N/c13-12(14)7-15(12)11-4-8-1-9(5-11)3-10(2-8)6-11/h8-10H,1-7H2. The molecule has 1 aliphatic heterocycles. The minimum Gasteiger partial charge on any atom is -0.261 e. The third-order valence-corrected chi connectivity index (χ3v) is 5.87. The van der Waals surface area contributed by atoms with Gasteiger partial charge in [0, 0.05) is 12.1 Å². The molecule has 84 valence electrons. The van der Waals surface area contributed by atoms with Crippen molar-refractivity contribution < 1.29 is 0 Å². The highest BCUT2D eigenvalue weighted by Gasteiger charge is 2.64. The van der Waals surface area contributed by atoms with Crippen LogP contribution >= 0.6 is 23.2 Å². The first-order chi connectivity index (χ1) is 7.07. The van der Waals surface area contributed by atoms with Gasteiger partial charge in [-0.15, -0.1) is 0 Å². The van der Waals surface area contributed by atoms with Crippen molar-refractivity contribution in [3.8, 4) is 0 Å². The first-order valence-corrected chi connectivity index (χ1v) is 6.99. The number of hydrogen-bond donors (Lipinski definition) is 0. The van der Waals surface area contributed by atoms with Gasteiger partial charge >= 0.3 is 0 Å². The van der Waals surface area contributed by atoms with Crippen LogP contribution in [-0.2, 0) is 0 Å². The average molecular weight is 246 g/mol. The SMILES string of the molecule is ClC1(Cl)CN1C12CC3CC(CC(C3)C1)C2.